The van der Waals surface area contributed by atoms with Crippen molar-refractivity contribution in [3.63, 3.8) is 0 Å². The number of nitrogens with two attached hydrogens (primary N) is 1. The van der Waals surface area contributed by atoms with Crippen LogP contribution in [0.15, 0.2) is 0 Å². The van der Waals surface area contributed by atoms with Crippen molar-refractivity contribution in [1.82, 2.24) is 0 Å². The SMILES string of the molecule is CC(C)(C)OC(=O)C1(O)CCC(F)(F)CC1.CC(C)(C)OC(=O)C1(ON)CCC(F)(F)CC1. The van der Waals surface area contributed by atoms with E-state index in [0.717, 1.165) is 0 Å². The second-order valence-corrected chi connectivity index (χ2v) is 10.9. The van der Waals surface area contributed by atoms with Gasteiger partial charge in [-0.2, -0.15) is 0 Å². The molecule has 0 unspecified atom stereocenters. The molecule has 0 aromatic rings. The summed E-state index contributed by atoms with van der Waals surface area (Å²) in [7, 11) is 0. The molecule has 2 fully saturated rings. The minimum atomic E-state index is -2.77. The molecular weight excluding hydrogens is 450 g/mol. The Hall–Kier alpha value is -1.46. The zero-order valence-electron chi connectivity index (χ0n) is 20.2. The topological polar surface area (TPSA) is 108 Å². The summed E-state index contributed by atoms with van der Waals surface area (Å²) in [5, 5.41) is 9.93. The van der Waals surface area contributed by atoms with Gasteiger partial charge in [0.1, 0.15) is 11.2 Å². The van der Waals surface area contributed by atoms with Crippen LogP contribution in [0.4, 0.5) is 17.6 Å². The number of rotatable bonds is 3. The molecule has 0 radical (unpaired) electrons. The maximum Gasteiger partial charge on any atom is 0.341 e. The summed E-state index contributed by atoms with van der Waals surface area (Å²) < 4.78 is 62.0. The molecule has 0 saturated heterocycles. The Balaban J connectivity index is 0.000000331. The Labute approximate surface area is 192 Å². The van der Waals surface area contributed by atoms with Gasteiger partial charge in [0, 0.05) is 25.7 Å². The third-order valence-corrected chi connectivity index (χ3v) is 5.37. The van der Waals surface area contributed by atoms with Gasteiger partial charge >= 0.3 is 11.9 Å². The Morgan fingerprint density at radius 3 is 1.36 bits per heavy atom. The number of ether oxygens (including phenoxy) is 2. The number of halogens is 4. The van der Waals surface area contributed by atoms with Gasteiger partial charge in [0.05, 0.1) is 0 Å². The van der Waals surface area contributed by atoms with Crippen molar-refractivity contribution in [1.29, 1.82) is 0 Å². The summed E-state index contributed by atoms with van der Waals surface area (Å²) in [6, 6.07) is 0. The highest BCUT2D eigenvalue weighted by Crippen LogP contribution is 2.41. The summed E-state index contributed by atoms with van der Waals surface area (Å²) in [6.07, 6.45) is -2.49. The molecule has 0 bridgehead atoms. The maximum atomic E-state index is 13.0. The normalized spacial score (nSPS) is 23.5. The predicted octanol–water partition coefficient (Wildman–Crippen LogP) is 4.44. The molecule has 2 saturated carbocycles. The van der Waals surface area contributed by atoms with Crippen LogP contribution in [0, 0.1) is 0 Å². The van der Waals surface area contributed by atoms with E-state index in [-0.39, 0.29) is 25.7 Å². The lowest BCUT2D eigenvalue weighted by Gasteiger charge is -2.37. The molecule has 0 aliphatic heterocycles. The molecule has 0 aromatic heterocycles. The molecular formula is C22H37F4NO6. The van der Waals surface area contributed by atoms with Crippen molar-refractivity contribution in [3.8, 4) is 0 Å². The monoisotopic (exact) mass is 487 g/mol. The van der Waals surface area contributed by atoms with E-state index in [1.165, 1.54) is 0 Å². The zero-order chi connectivity index (χ0) is 25.9. The minimum Gasteiger partial charge on any atom is -0.458 e. The molecule has 0 amide bonds. The molecule has 194 valence electrons. The van der Waals surface area contributed by atoms with Crippen LogP contribution in [0.1, 0.15) is 92.9 Å². The van der Waals surface area contributed by atoms with Crippen LogP contribution in [0.5, 0.6) is 0 Å². The summed E-state index contributed by atoms with van der Waals surface area (Å²) in [4.78, 5) is 28.2. The number of esters is 2. The molecule has 33 heavy (non-hydrogen) atoms. The van der Waals surface area contributed by atoms with E-state index >= 15 is 0 Å². The second kappa shape index (κ2) is 10.0. The van der Waals surface area contributed by atoms with E-state index in [1.54, 1.807) is 41.5 Å². The highest BCUT2D eigenvalue weighted by atomic mass is 19.3. The third-order valence-electron chi connectivity index (χ3n) is 5.37. The summed E-state index contributed by atoms with van der Waals surface area (Å²) in [5.41, 5.74) is -4.57. The smallest absolute Gasteiger partial charge is 0.341 e. The third kappa shape index (κ3) is 9.36. The number of alkyl halides is 4. The highest BCUT2D eigenvalue weighted by molar-refractivity contribution is 5.80. The van der Waals surface area contributed by atoms with Gasteiger partial charge in [-0.15, -0.1) is 0 Å². The molecule has 2 rings (SSSR count). The van der Waals surface area contributed by atoms with Crippen LogP contribution in [-0.4, -0.2) is 51.3 Å². The lowest BCUT2D eigenvalue weighted by atomic mass is 9.82. The minimum absolute atomic E-state index is 0.120. The van der Waals surface area contributed by atoms with Crippen LogP contribution in [0.2, 0.25) is 0 Å². The lowest BCUT2D eigenvalue weighted by Crippen LogP contribution is -2.51. The van der Waals surface area contributed by atoms with Crippen LogP contribution >= 0.6 is 0 Å². The van der Waals surface area contributed by atoms with Gasteiger partial charge in [-0.1, -0.05) is 0 Å². The van der Waals surface area contributed by atoms with Gasteiger partial charge in [-0.3, -0.25) is 4.84 Å². The Bertz CT molecular complexity index is 680. The summed E-state index contributed by atoms with van der Waals surface area (Å²) in [6.45, 7) is 10.1. The second-order valence-electron chi connectivity index (χ2n) is 10.9. The lowest BCUT2D eigenvalue weighted by molar-refractivity contribution is -0.198. The number of hydrogen-bond donors (Lipinski definition) is 2. The van der Waals surface area contributed by atoms with E-state index in [1.807, 2.05) is 0 Å². The van der Waals surface area contributed by atoms with Crippen molar-refractivity contribution in [3.05, 3.63) is 0 Å². The molecule has 11 heteroatoms. The summed E-state index contributed by atoms with van der Waals surface area (Å²) in [5.74, 6) is -1.87. The van der Waals surface area contributed by atoms with Gasteiger partial charge in [-0.05, 0) is 67.2 Å². The van der Waals surface area contributed by atoms with Gasteiger partial charge in [0.25, 0.3) is 0 Å². The Kier molecular flexibility index (Phi) is 8.99. The van der Waals surface area contributed by atoms with Crippen LogP contribution < -0.4 is 5.90 Å². The van der Waals surface area contributed by atoms with Crippen LogP contribution in [-0.2, 0) is 23.9 Å². The molecule has 2 aliphatic carbocycles. The van der Waals surface area contributed by atoms with Crippen LogP contribution in [0.3, 0.4) is 0 Å². The standard InChI is InChI=1S/C11H19F2NO3.C11H18F2O3/c1-9(2,3)16-8(15)10(17-14)4-6-11(12,13)7-5-10;1-9(2,3)16-8(14)10(15)4-6-11(12,13)7-5-10/h4-7,14H2,1-3H3;15H,4-7H2,1-3H3. The molecule has 0 heterocycles. The van der Waals surface area contributed by atoms with Crippen molar-refractivity contribution >= 4 is 11.9 Å². The predicted molar refractivity (Wildman–Crippen MR) is 111 cm³/mol. The Morgan fingerprint density at radius 2 is 1.03 bits per heavy atom. The first-order chi connectivity index (χ1) is 14.6. The summed E-state index contributed by atoms with van der Waals surface area (Å²) >= 11 is 0. The number of carbonyl (C=O) groups is 2. The van der Waals surface area contributed by atoms with E-state index in [9.17, 15) is 32.3 Å². The van der Waals surface area contributed by atoms with E-state index in [0.29, 0.717) is 0 Å². The largest absolute Gasteiger partial charge is 0.458 e. The van der Waals surface area contributed by atoms with Crippen molar-refractivity contribution in [2.45, 2.75) is 127 Å². The van der Waals surface area contributed by atoms with Crippen molar-refractivity contribution in [2.75, 3.05) is 0 Å². The fourth-order valence-corrected chi connectivity index (χ4v) is 3.37. The van der Waals surface area contributed by atoms with Crippen molar-refractivity contribution in [2.24, 2.45) is 5.90 Å². The number of carbonyl (C=O) groups excluding carboxylic acids is 2. The van der Waals surface area contributed by atoms with E-state index in [2.05, 4.69) is 4.84 Å². The highest BCUT2D eigenvalue weighted by Gasteiger charge is 2.51. The first-order valence-corrected chi connectivity index (χ1v) is 11.0. The van der Waals surface area contributed by atoms with Crippen LogP contribution in [0.25, 0.3) is 0 Å². The number of aliphatic hydroxyl groups is 1. The van der Waals surface area contributed by atoms with Gasteiger partial charge in [0.2, 0.25) is 11.8 Å². The van der Waals surface area contributed by atoms with Crippen molar-refractivity contribution < 1.29 is 46.6 Å². The first-order valence-electron chi connectivity index (χ1n) is 11.0. The number of hydrogen-bond acceptors (Lipinski definition) is 7. The van der Waals surface area contributed by atoms with E-state index < -0.39 is 71.9 Å². The molecule has 0 atom stereocenters. The van der Waals surface area contributed by atoms with Gasteiger partial charge < -0.3 is 14.6 Å². The average Bonchev–Trinajstić information content (AvgIpc) is 2.62. The fourth-order valence-electron chi connectivity index (χ4n) is 3.37. The van der Waals surface area contributed by atoms with Gasteiger partial charge in [-0.25, -0.2) is 33.0 Å². The quantitative estimate of drug-likeness (QED) is 0.344. The molecule has 2 aliphatic rings. The fraction of sp³-hybridized carbons (Fsp3) is 0.909. The Morgan fingerprint density at radius 1 is 0.697 bits per heavy atom. The molecule has 0 aromatic carbocycles. The average molecular weight is 488 g/mol. The molecule has 0 spiro atoms. The van der Waals surface area contributed by atoms with E-state index in [4.69, 9.17) is 15.4 Å². The zero-order valence-corrected chi connectivity index (χ0v) is 20.2. The molecule has 3 N–H and O–H groups in total. The molecule has 7 nitrogen and oxygen atoms in total. The maximum absolute atomic E-state index is 13.0. The first kappa shape index (κ1) is 29.6. The van der Waals surface area contributed by atoms with Gasteiger partial charge in [0.15, 0.2) is 11.2 Å².